The Labute approximate surface area is 161 Å². The number of piperidine rings is 1. The van der Waals surface area contributed by atoms with Crippen LogP contribution in [0.1, 0.15) is 31.4 Å². The lowest BCUT2D eigenvalue weighted by Gasteiger charge is -2.26. The van der Waals surface area contributed by atoms with Gasteiger partial charge < -0.3 is 9.84 Å². The molecule has 8 nitrogen and oxygen atoms in total. The van der Waals surface area contributed by atoms with Crippen molar-refractivity contribution in [1.82, 2.24) is 30.1 Å². The Bertz CT molecular complexity index is 1110. The number of nitrogens with zero attached hydrogens (tertiary/aromatic N) is 4. The van der Waals surface area contributed by atoms with Crippen LogP contribution >= 0.6 is 0 Å². The van der Waals surface area contributed by atoms with Crippen LogP contribution in [0, 0.1) is 0 Å². The summed E-state index contributed by atoms with van der Waals surface area (Å²) in [6.45, 7) is 3.30. The summed E-state index contributed by atoms with van der Waals surface area (Å²) in [5, 5.41) is 25.3. The zero-order valence-corrected chi connectivity index (χ0v) is 15.6. The Morgan fingerprint density at radius 1 is 1.29 bits per heavy atom. The lowest BCUT2D eigenvalue weighted by atomic mass is 9.94. The van der Waals surface area contributed by atoms with Crippen LogP contribution in [0.15, 0.2) is 36.8 Å². The fourth-order valence-electron chi connectivity index (χ4n) is 3.91. The fraction of sp³-hybridized carbons (Fsp3) is 0.350. The second-order valence-corrected chi connectivity index (χ2v) is 7.12. The van der Waals surface area contributed by atoms with E-state index in [9.17, 15) is 5.11 Å². The summed E-state index contributed by atoms with van der Waals surface area (Å²) in [6, 6.07) is 6.20. The van der Waals surface area contributed by atoms with Crippen molar-refractivity contribution in [3.05, 3.63) is 42.5 Å². The number of pyridine rings is 2. The van der Waals surface area contributed by atoms with E-state index in [2.05, 4.69) is 32.7 Å². The molecule has 4 aromatic rings. The SMILES string of the molecule is CCOc1cc(-c2ccc(C3CCC(O)NC3)nc2)c2c3cn[nH]c3nn2c1. The van der Waals surface area contributed by atoms with E-state index in [0.717, 1.165) is 58.5 Å². The van der Waals surface area contributed by atoms with Crippen molar-refractivity contribution >= 4 is 16.6 Å². The lowest BCUT2D eigenvalue weighted by molar-refractivity contribution is 0.100. The number of H-pyrrole nitrogens is 1. The number of fused-ring (bicyclic) bond motifs is 3. The molecule has 144 valence electrons. The molecule has 4 aromatic heterocycles. The van der Waals surface area contributed by atoms with E-state index in [0.29, 0.717) is 12.5 Å². The van der Waals surface area contributed by atoms with Gasteiger partial charge in [0.1, 0.15) is 12.0 Å². The molecule has 5 rings (SSSR count). The second-order valence-electron chi connectivity index (χ2n) is 7.12. The van der Waals surface area contributed by atoms with Gasteiger partial charge in [0.05, 0.1) is 29.9 Å². The molecule has 0 amide bonds. The standard InChI is InChI=1S/C20H22N6O2/c1-2-28-14-7-15(19-16-10-23-24-20(16)25-26(19)11-14)12-3-5-17(21-8-12)13-4-6-18(27)22-9-13/h3,5,7-8,10-11,13,18,22,27H,2,4,6,9H2,1H3,(H,24,25). The van der Waals surface area contributed by atoms with Gasteiger partial charge in [0.15, 0.2) is 5.65 Å². The van der Waals surface area contributed by atoms with E-state index < -0.39 is 6.23 Å². The number of aromatic nitrogens is 5. The first-order valence-electron chi connectivity index (χ1n) is 9.59. The second kappa shape index (κ2) is 6.88. The van der Waals surface area contributed by atoms with Gasteiger partial charge in [0.2, 0.25) is 0 Å². The molecular weight excluding hydrogens is 356 g/mol. The molecule has 0 spiro atoms. The molecule has 0 bridgehead atoms. The molecule has 0 aromatic carbocycles. The van der Waals surface area contributed by atoms with Crippen molar-refractivity contribution in [3.63, 3.8) is 0 Å². The molecule has 5 heterocycles. The maximum Gasteiger partial charge on any atom is 0.178 e. The van der Waals surface area contributed by atoms with Gasteiger partial charge in [-0.05, 0) is 31.9 Å². The minimum atomic E-state index is -0.399. The topological polar surface area (TPSA) is 100 Å². The van der Waals surface area contributed by atoms with E-state index in [-0.39, 0.29) is 0 Å². The summed E-state index contributed by atoms with van der Waals surface area (Å²) in [5.74, 6) is 1.08. The third-order valence-corrected chi connectivity index (χ3v) is 5.32. The molecular formula is C20H22N6O2. The number of aliphatic hydroxyl groups is 1. The van der Waals surface area contributed by atoms with Gasteiger partial charge in [-0.1, -0.05) is 6.07 Å². The van der Waals surface area contributed by atoms with Gasteiger partial charge in [0.25, 0.3) is 0 Å². The molecule has 2 atom stereocenters. The zero-order chi connectivity index (χ0) is 19.1. The molecule has 1 aliphatic rings. The van der Waals surface area contributed by atoms with Crippen LogP contribution in [0.5, 0.6) is 5.75 Å². The third-order valence-electron chi connectivity index (χ3n) is 5.32. The smallest absolute Gasteiger partial charge is 0.178 e. The van der Waals surface area contributed by atoms with E-state index in [1.807, 2.05) is 29.9 Å². The number of aromatic amines is 1. The quantitative estimate of drug-likeness (QED) is 0.504. The van der Waals surface area contributed by atoms with Crippen molar-refractivity contribution in [2.75, 3.05) is 13.2 Å². The molecule has 2 unspecified atom stereocenters. The summed E-state index contributed by atoms with van der Waals surface area (Å²) in [4.78, 5) is 4.72. The molecule has 1 fully saturated rings. The lowest BCUT2D eigenvalue weighted by Crippen LogP contribution is -2.37. The summed E-state index contributed by atoms with van der Waals surface area (Å²) in [5.41, 5.74) is 4.77. The number of rotatable bonds is 4. The van der Waals surface area contributed by atoms with Gasteiger partial charge in [0, 0.05) is 35.5 Å². The first kappa shape index (κ1) is 17.2. The summed E-state index contributed by atoms with van der Waals surface area (Å²) < 4.78 is 7.58. The van der Waals surface area contributed by atoms with Crippen molar-refractivity contribution < 1.29 is 9.84 Å². The maximum absolute atomic E-state index is 9.63. The number of hydrogen-bond acceptors (Lipinski definition) is 6. The van der Waals surface area contributed by atoms with Gasteiger partial charge in [-0.3, -0.25) is 15.4 Å². The zero-order valence-electron chi connectivity index (χ0n) is 15.6. The Kier molecular flexibility index (Phi) is 4.22. The number of aliphatic hydroxyl groups excluding tert-OH is 1. The Morgan fingerprint density at radius 3 is 2.96 bits per heavy atom. The van der Waals surface area contributed by atoms with Gasteiger partial charge in [-0.2, -0.15) is 5.10 Å². The molecule has 0 saturated carbocycles. The molecule has 0 radical (unpaired) electrons. The van der Waals surface area contributed by atoms with Gasteiger partial charge in [-0.25, -0.2) is 4.52 Å². The summed E-state index contributed by atoms with van der Waals surface area (Å²) >= 11 is 0. The highest BCUT2D eigenvalue weighted by Gasteiger charge is 2.21. The third kappa shape index (κ3) is 2.90. The van der Waals surface area contributed by atoms with E-state index in [1.165, 1.54) is 0 Å². The van der Waals surface area contributed by atoms with Crippen LogP contribution in [0.3, 0.4) is 0 Å². The maximum atomic E-state index is 9.63. The van der Waals surface area contributed by atoms with Crippen LogP contribution in [0.2, 0.25) is 0 Å². The predicted octanol–water partition coefficient (Wildman–Crippen LogP) is 2.46. The fourth-order valence-corrected chi connectivity index (χ4v) is 3.91. The number of hydrogen-bond donors (Lipinski definition) is 3. The minimum absolute atomic E-state index is 0.322. The molecule has 1 saturated heterocycles. The molecule has 8 heteroatoms. The van der Waals surface area contributed by atoms with Crippen molar-refractivity contribution in [2.24, 2.45) is 0 Å². The average Bonchev–Trinajstić information content (AvgIpc) is 3.29. The van der Waals surface area contributed by atoms with Crippen LogP contribution in [0.4, 0.5) is 0 Å². The molecule has 1 aliphatic heterocycles. The highest BCUT2D eigenvalue weighted by Crippen LogP contribution is 2.33. The normalized spacial score (nSPS) is 20.1. The monoisotopic (exact) mass is 378 g/mol. The highest BCUT2D eigenvalue weighted by atomic mass is 16.5. The first-order chi connectivity index (χ1) is 13.7. The van der Waals surface area contributed by atoms with Gasteiger partial charge >= 0.3 is 0 Å². The summed E-state index contributed by atoms with van der Waals surface area (Å²) in [6.07, 6.45) is 6.87. The van der Waals surface area contributed by atoms with Crippen LogP contribution in [-0.2, 0) is 0 Å². The minimum Gasteiger partial charge on any atom is -0.492 e. The molecule has 3 N–H and O–H groups in total. The summed E-state index contributed by atoms with van der Waals surface area (Å²) in [7, 11) is 0. The van der Waals surface area contributed by atoms with E-state index in [4.69, 9.17) is 9.72 Å². The number of nitrogens with one attached hydrogen (secondary N) is 2. The average molecular weight is 378 g/mol. The Hall–Kier alpha value is -2.97. The molecule has 0 aliphatic carbocycles. The van der Waals surface area contributed by atoms with Crippen LogP contribution in [0.25, 0.3) is 27.7 Å². The number of ether oxygens (including phenoxy) is 1. The predicted molar refractivity (Wildman–Crippen MR) is 105 cm³/mol. The molecule has 28 heavy (non-hydrogen) atoms. The van der Waals surface area contributed by atoms with Crippen LogP contribution < -0.4 is 10.1 Å². The van der Waals surface area contributed by atoms with E-state index >= 15 is 0 Å². The van der Waals surface area contributed by atoms with Gasteiger partial charge in [-0.15, -0.1) is 5.10 Å². The van der Waals surface area contributed by atoms with E-state index in [1.54, 1.807) is 6.20 Å². The Morgan fingerprint density at radius 2 is 2.21 bits per heavy atom. The largest absolute Gasteiger partial charge is 0.492 e. The van der Waals surface area contributed by atoms with Crippen molar-refractivity contribution in [2.45, 2.75) is 31.9 Å². The van der Waals surface area contributed by atoms with Crippen LogP contribution in [-0.4, -0.2) is 49.3 Å². The first-order valence-corrected chi connectivity index (χ1v) is 9.59. The Balaban J connectivity index is 1.57. The van der Waals surface area contributed by atoms with Crippen molar-refractivity contribution in [3.8, 4) is 16.9 Å². The highest BCUT2D eigenvalue weighted by molar-refractivity contribution is 6.00. The van der Waals surface area contributed by atoms with Crippen molar-refractivity contribution in [1.29, 1.82) is 0 Å².